The fourth-order valence-electron chi connectivity index (χ4n) is 0.346. The molecule has 0 heterocycles. The highest BCUT2D eigenvalue weighted by molar-refractivity contribution is 7.91. The van der Waals surface area contributed by atoms with E-state index in [1.54, 1.807) is 12.2 Å². The van der Waals surface area contributed by atoms with E-state index in [1.165, 1.54) is 5.41 Å². The van der Waals surface area contributed by atoms with Crippen molar-refractivity contribution in [3.63, 3.8) is 0 Å². The van der Waals surface area contributed by atoms with Gasteiger partial charge < -0.3 is 4.55 Å². The van der Waals surface area contributed by atoms with Crippen LogP contribution >= 0.6 is 12.6 Å². The van der Waals surface area contributed by atoms with E-state index in [1.807, 2.05) is 0 Å². The molecule has 0 amide bonds. The largest absolute Gasteiger partial charge is 0.616 e. The van der Waals surface area contributed by atoms with Crippen molar-refractivity contribution < 1.29 is 4.55 Å². The molecule has 0 bridgehead atoms. The first-order valence-corrected chi connectivity index (χ1v) is 4.50. The second kappa shape index (κ2) is 6.13. The summed E-state index contributed by atoms with van der Waals surface area (Å²) in [6.45, 7) is 3.47. The monoisotopic (exact) mass is 161 g/mol. The Morgan fingerprint density at radius 2 is 2.22 bits per heavy atom. The average molecular weight is 161 g/mol. The van der Waals surface area contributed by atoms with Crippen molar-refractivity contribution >= 4 is 23.8 Å². The summed E-state index contributed by atoms with van der Waals surface area (Å²) in [7, 11) is 0. The Labute approximate surface area is 64.4 Å². The molecule has 1 unspecified atom stereocenters. The van der Waals surface area contributed by atoms with Crippen LogP contribution in [0.2, 0.25) is 0 Å². The molecule has 0 aliphatic heterocycles. The predicted octanol–water partition coefficient (Wildman–Crippen LogP) is 1.63. The lowest BCUT2D eigenvalue weighted by Crippen LogP contribution is -2.06. The molecule has 1 nitrogen and oxygen atoms in total. The van der Waals surface area contributed by atoms with Gasteiger partial charge in [-0.1, -0.05) is 19.2 Å². The lowest BCUT2D eigenvalue weighted by molar-refractivity contribution is 0.601. The third kappa shape index (κ3) is 5.89. The molecule has 0 fully saturated rings. The molecule has 0 aromatic rings. The second-order valence-electron chi connectivity index (χ2n) is 1.43. The maximum atomic E-state index is 10.7. The molecule has 0 aromatic carbocycles. The van der Waals surface area contributed by atoms with E-state index in [9.17, 15) is 4.55 Å². The molecule has 0 N–H and O–H groups in total. The first-order chi connectivity index (χ1) is 4.31. The zero-order valence-corrected chi connectivity index (χ0v) is 6.71. The van der Waals surface area contributed by atoms with Gasteiger partial charge in [0, 0.05) is 5.41 Å². The van der Waals surface area contributed by atoms with Crippen LogP contribution in [0.15, 0.2) is 24.1 Å². The highest BCUT2D eigenvalue weighted by Crippen LogP contribution is 1.91. The van der Waals surface area contributed by atoms with Crippen molar-refractivity contribution in [3.05, 3.63) is 24.1 Å². The summed E-state index contributed by atoms with van der Waals surface area (Å²) in [4.78, 5) is 0. The Bertz CT molecular complexity index is 101. The molecule has 0 aromatic heterocycles. The average Bonchev–Trinajstić information content (AvgIpc) is 1.85. The molecule has 0 aliphatic carbocycles. The standard InChI is InChI=1S/C6H9OS2/c1-2-5-9(7)6-3-4-8/h2-4H,1,5-6H2. The van der Waals surface area contributed by atoms with E-state index >= 15 is 0 Å². The lowest BCUT2D eigenvalue weighted by atomic mass is 10.7. The molecule has 0 rings (SSSR count). The Balaban J connectivity index is 3.25. The Morgan fingerprint density at radius 3 is 2.67 bits per heavy atom. The molecule has 1 radical (unpaired) electrons. The Morgan fingerprint density at radius 1 is 1.56 bits per heavy atom. The maximum Gasteiger partial charge on any atom is 0.125 e. The predicted molar refractivity (Wildman–Crippen MR) is 44.8 cm³/mol. The zero-order chi connectivity index (χ0) is 7.11. The highest BCUT2D eigenvalue weighted by atomic mass is 32.2. The van der Waals surface area contributed by atoms with Crippen molar-refractivity contribution in [2.75, 3.05) is 11.5 Å². The van der Waals surface area contributed by atoms with Crippen LogP contribution in [0.25, 0.3) is 0 Å². The van der Waals surface area contributed by atoms with Crippen LogP contribution in [-0.4, -0.2) is 16.1 Å². The van der Waals surface area contributed by atoms with Crippen LogP contribution in [-0.2, 0) is 11.2 Å². The van der Waals surface area contributed by atoms with Gasteiger partial charge in [0.15, 0.2) is 0 Å². The lowest BCUT2D eigenvalue weighted by Gasteiger charge is -2.03. The molecule has 0 saturated carbocycles. The molecule has 51 valence electrons. The summed E-state index contributed by atoms with van der Waals surface area (Å²) in [5, 5.41) is 1.49. The van der Waals surface area contributed by atoms with E-state index in [4.69, 9.17) is 0 Å². The fourth-order valence-corrected chi connectivity index (χ4v) is 1.27. The molecule has 0 spiro atoms. The summed E-state index contributed by atoms with van der Waals surface area (Å²) < 4.78 is 10.7. The van der Waals surface area contributed by atoms with E-state index in [-0.39, 0.29) is 0 Å². The number of rotatable bonds is 4. The van der Waals surface area contributed by atoms with Crippen LogP contribution < -0.4 is 0 Å². The normalized spacial score (nSPS) is 13.9. The molecule has 0 aliphatic rings. The van der Waals surface area contributed by atoms with E-state index < -0.39 is 11.2 Å². The minimum Gasteiger partial charge on any atom is -0.616 e. The summed E-state index contributed by atoms with van der Waals surface area (Å²) in [5.41, 5.74) is 0. The van der Waals surface area contributed by atoms with Gasteiger partial charge in [0.25, 0.3) is 0 Å². The Hall–Kier alpha value is 0.01000. The van der Waals surface area contributed by atoms with Gasteiger partial charge in [0.2, 0.25) is 0 Å². The molecule has 1 atom stereocenters. The highest BCUT2D eigenvalue weighted by Gasteiger charge is 1.96. The van der Waals surface area contributed by atoms with Gasteiger partial charge in [-0.05, 0) is 23.3 Å². The van der Waals surface area contributed by atoms with Gasteiger partial charge in [-0.25, -0.2) is 0 Å². The van der Waals surface area contributed by atoms with Gasteiger partial charge in [-0.15, -0.1) is 0 Å². The molecule has 3 heteroatoms. The second-order valence-corrected chi connectivity index (χ2v) is 3.25. The topological polar surface area (TPSA) is 23.1 Å². The van der Waals surface area contributed by atoms with Crippen LogP contribution in [0.5, 0.6) is 0 Å². The first-order valence-electron chi connectivity index (χ1n) is 2.54. The fraction of sp³-hybridized carbons (Fsp3) is 0.333. The summed E-state index contributed by atoms with van der Waals surface area (Å²) >= 11 is 3.72. The molecule has 9 heavy (non-hydrogen) atoms. The van der Waals surface area contributed by atoms with Crippen molar-refractivity contribution in [1.29, 1.82) is 0 Å². The van der Waals surface area contributed by atoms with Crippen LogP contribution in [0, 0.1) is 0 Å². The van der Waals surface area contributed by atoms with Crippen LogP contribution in [0.4, 0.5) is 0 Å². The molecule has 0 saturated heterocycles. The van der Waals surface area contributed by atoms with Crippen molar-refractivity contribution in [2.24, 2.45) is 0 Å². The third-order valence-electron chi connectivity index (χ3n) is 0.682. The van der Waals surface area contributed by atoms with Gasteiger partial charge in [0.05, 0.1) is 0 Å². The van der Waals surface area contributed by atoms with E-state index in [2.05, 4.69) is 19.2 Å². The van der Waals surface area contributed by atoms with Crippen LogP contribution in [0.1, 0.15) is 0 Å². The van der Waals surface area contributed by atoms with Gasteiger partial charge in [-0.3, -0.25) is 0 Å². The van der Waals surface area contributed by atoms with Crippen LogP contribution in [0.3, 0.4) is 0 Å². The van der Waals surface area contributed by atoms with E-state index in [0.29, 0.717) is 11.5 Å². The van der Waals surface area contributed by atoms with Gasteiger partial charge in [-0.2, -0.15) is 0 Å². The SMILES string of the molecule is C=CC[S+]([O-])CC=C[S]. The number of hydrogen-bond donors (Lipinski definition) is 0. The third-order valence-corrected chi connectivity index (χ3v) is 2.05. The van der Waals surface area contributed by atoms with Crippen molar-refractivity contribution in [2.45, 2.75) is 0 Å². The summed E-state index contributed by atoms with van der Waals surface area (Å²) in [5.74, 6) is 1.11. The maximum absolute atomic E-state index is 10.7. The smallest absolute Gasteiger partial charge is 0.125 e. The zero-order valence-electron chi connectivity index (χ0n) is 5.08. The summed E-state index contributed by atoms with van der Waals surface area (Å²) in [6.07, 6.45) is 3.36. The van der Waals surface area contributed by atoms with E-state index in [0.717, 1.165) is 0 Å². The quantitative estimate of drug-likeness (QED) is 0.454. The van der Waals surface area contributed by atoms with Gasteiger partial charge >= 0.3 is 0 Å². The first kappa shape index (κ1) is 9.01. The minimum absolute atomic E-state index is 0.551. The molecular weight excluding hydrogens is 152 g/mol. The van der Waals surface area contributed by atoms with Crippen molar-refractivity contribution in [3.8, 4) is 0 Å². The van der Waals surface area contributed by atoms with Gasteiger partial charge in [0.1, 0.15) is 11.5 Å². The van der Waals surface area contributed by atoms with Crippen molar-refractivity contribution in [1.82, 2.24) is 0 Å². The number of hydrogen-bond acceptors (Lipinski definition) is 1. The Kier molecular flexibility index (Phi) is 6.14. The summed E-state index contributed by atoms with van der Waals surface area (Å²) in [6, 6.07) is 0. The molecular formula is C6H9OS2. The minimum atomic E-state index is -0.791.